The number of benzene rings is 1. The Balaban J connectivity index is 2.81. The van der Waals surface area contributed by atoms with Gasteiger partial charge in [0.05, 0.1) is 0 Å². The molecule has 1 aromatic rings. The summed E-state index contributed by atoms with van der Waals surface area (Å²) in [6.07, 6.45) is 7.81. The summed E-state index contributed by atoms with van der Waals surface area (Å²) in [6, 6.07) is 14.6. The van der Waals surface area contributed by atoms with E-state index in [-0.39, 0.29) is 17.1 Å². The lowest BCUT2D eigenvalue weighted by Gasteiger charge is -2.13. The van der Waals surface area contributed by atoms with Gasteiger partial charge in [-0.1, -0.05) is 48.6 Å². The molecule has 0 radical (unpaired) electrons. The maximum absolute atomic E-state index is 9.16. The Morgan fingerprint density at radius 3 is 1.75 bits per heavy atom. The van der Waals surface area contributed by atoms with Crippen molar-refractivity contribution in [3.8, 4) is 24.3 Å². The molecule has 0 saturated carbocycles. The number of nitriles is 4. The zero-order chi connectivity index (χ0) is 17.5. The zero-order valence-electron chi connectivity index (χ0n) is 13.0. The van der Waals surface area contributed by atoms with Gasteiger partial charge in [-0.25, -0.2) is 0 Å². The van der Waals surface area contributed by atoms with Gasteiger partial charge in [0.25, 0.3) is 0 Å². The van der Waals surface area contributed by atoms with E-state index in [2.05, 4.69) is 0 Å². The minimum Gasteiger partial charge on any atom is -0.192 e. The highest BCUT2D eigenvalue weighted by Crippen LogP contribution is 2.27. The number of hydrogen-bond donors (Lipinski definition) is 0. The quantitative estimate of drug-likeness (QED) is 0.782. The first-order valence-corrected chi connectivity index (χ1v) is 7.17. The lowest BCUT2D eigenvalue weighted by Crippen LogP contribution is -2.16. The summed E-state index contributed by atoms with van der Waals surface area (Å²) in [7, 11) is 0. The van der Waals surface area contributed by atoms with E-state index in [4.69, 9.17) is 21.0 Å². The van der Waals surface area contributed by atoms with Crippen molar-refractivity contribution in [2.45, 2.75) is 6.92 Å². The van der Waals surface area contributed by atoms with Crippen LogP contribution in [0.3, 0.4) is 0 Å². The SMILES string of the molecule is CC(=C(C#N)C#N)C(=c1ccc(=C(C#N)C#N)cc1)C1C=CC=C1. The lowest BCUT2D eigenvalue weighted by molar-refractivity contribution is 1.09. The zero-order valence-corrected chi connectivity index (χ0v) is 13.0. The Bertz CT molecular complexity index is 988. The summed E-state index contributed by atoms with van der Waals surface area (Å²) in [5, 5.41) is 37.6. The van der Waals surface area contributed by atoms with Crippen LogP contribution < -0.4 is 10.4 Å². The molecule has 0 amide bonds. The van der Waals surface area contributed by atoms with Crippen LogP contribution >= 0.6 is 0 Å². The highest BCUT2D eigenvalue weighted by molar-refractivity contribution is 5.74. The molecule has 24 heavy (non-hydrogen) atoms. The van der Waals surface area contributed by atoms with Crippen molar-refractivity contribution in [1.29, 1.82) is 21.0 Å². The highest BCUT2D eigenvalue weighted by Gasteiger charge is 2.16. The van der Waals surface area contributed by atoms with Crippen molar-refractivity contribution in [3.63, 3.8) is 0 Å². The molecule has 1 aromatic carbocycles. The third-order valence-electron chi connectivity index (χ3n) is 3.79. The first kappa shape index (κ1) is 16.5. The topological polar surface area (TPSA) is 95.2 Å². The summed E-state index contributed by atoms with van der Waals surface area (Å²) in [4.78, 5) is 0. The normalized spacial score (nSPS) is 11.7. The first-order chi connectivity index (χ1) is 11.7. The fraction of sp³-hybridized carbons (Fsp3) is 0.100. The van der Waals surface area contributed by atoms with Gasteiger partial charge in [-0.2, -0.15) is 21.0 Å². The molecule has 0 atom stereocenters. The molecule has 0 bridgehead atoms. The average Bonchev–Trinajstić information content (AvgIpc) is 3.13. The molecule has 0 saturated heterocycles. The van der Waals surface area contributed by atoms with Gasteiger partial charge in [0.1, 0.15) is 35.4 Å². The molecule has 0 heterocycles. The van der Waals surface area contributed by atoms with Crippen LogP contribution in [0, 0.1) is 51.2 Å². The van der Waals surface area contributed by atoms with E-state index in [0.29, 0.717) is 10.8 Å². The largest absolute Gasteiger partial charge is 0.192 e. The molecule has 2 rings (SSSR count). The molecular formula is C20H12N4. The number of nitrogens with zero attached hydrogens (tertiary/aromatic N) is 4. The van der Waals surface area contributed by atoms with Gasteiger partial charge in [0, 0.05) is 11.1 Å². The Morgan fingerprint density at radius 1 is 0.792 bits per heavy atom. The molecule has 0 N–H and O–H groups in total. The van der Waals surface area contributed by atoms with Crippen molar-refractivity contribution < 1.29 is 0 Å². The molecule has 0 aliphatic heterocycles. The van der Waals surface area contributed by atoms with Crippen LogP contribution in [-0.2, 0) is 0 Å². The fourth-order valence-corrected chi connectivity index (χ4v) is 2.58. The maximum Gasteiger partial charge on any atom is 0.136 e. The van der Waals surface area contributed by atoms with E-state index in [0.717, 1.165) is 10.8 Å². The minimum absolute atomic E-state index is 0.0251. The van der Waals surface area contributed by atoms with E-state index >= 15 is 0 Å². The first-order valence-electron chi connectivity index (χ1n) is 7.17. The van der Waals surface area contributed by atoms with Gasteiger partial charge in [-0.05, 0) is 23.3 Å². The maximum atomic E-state index is 9.16. The van der Waals surface area contributed by atoms with E-state index in [9.17, 15) is 0 Å². The molecular weight excluding hydrogens is 296 g/mol. The Morgan fingerprint density at radius 2 is 1.29 bits per heavy atom. The second-order valence-electron chi connectivity index (χ2n) is 5.11. The van der Waals surface area contributed by atoms with Gasteiger partial charge in [-0.3, -0.25) is 0 Å². The molecule has 1 aliphatic carbocycles. The van der Waals surface area contributed by atoms with Gasteiger partial charge < -0.3 is 0 Å². The molecule has 112 valence electrons. The molecule has 0 unspecified atom stereocenters. The summed E-state index contributed by atoms with van der Waals surface area (Å²) in [6.45, 7) is 1.76. The number of rotatable bonds is 2. The molecule has 0 spiro atoms. The molecule has 0 aromatic heterocycles. The summed E-state index contributed by atoms with van der Waals surface area (Å²) >= 11 is 0. The van der Waals surface area contributed by atoms with E-state index in [1.165, 1.54) is 0 Å². The Labute approximate surface area is 140 Å². The second kappa shape index (κ2) is 7.42. The minimum atomic E-state index is -0.0251. The van der Waals surface area contributed by atoms with Crippen LogP contribution in [0.5, 0.6) is 0 Å². The van der Waals surface area contributed by atoms with Crippen molar-refractivity contribution in [1.82, 2.24) is 0 Å². The van der Waals surface area contributed by atoms with Gasteiger partial charge in [-0.15, -0.1) is 0 Å². The molecule has 1 aliphatic rings. The van der Waals surface area contributed by atoms with Gasteiger partial charge >= 0.3 is 0 Å². The van der Waals surface area contributed by atoms with Crippen LogP contribution in [0.1, 0.15) is 6.92 Å². The van der Waals surface area contributed by atoms with Crippen molar-refractivity contribution in [3.05, 3.63) is 70.2 Å². The number of hydrogen-bond acceptors (Lipinski definition) is 4. The fourth-order valence-electron chi connectivity index (χ4n) is 2.58. The average molecular weight is 308 g/mol. The predicted molar refractivity (Wildman–Crippen MR) is 89.4 cm³/mol. The Hall–Kier alpha value is -3.86. The highest BCUT2D eigenvalue weighted by atomic mass is 14.3. The van der Waals surface area contributed by atoms with Crippen LogP contribution in [0.2, 0.25) is 0 Å². The van der Waals surface area contributed by atoms with Crippen LogP contribution in [0.25, 0.3) is 11.1 Å². The molecule has 4 heteroatoms. The summed E-state index contributed by atoms with van der Waals surface area (Å²) in [5.74, 6) is -0.0251. The Kier molecular flexibility index (Phi) is 5.10. The van der Waals surface area contributed by atoms with Crippen LogP contribution in [-0.4, -0.2) is 0 Å². The van der Waals surface area contributed by atoms with E-state index < -0.39 is 0 Å². The van der Waals surface area contributed by atoms with Crippen molar-refractivity contribution in [2.75, 3.05) is 0 Å². The summed E-state index contributed by atoms with van der Waals surface area (Å²) in [5.41, 5.74) is 1.61. The monoisotopic (exact) mass is 308 g/mol. The lowest BCUT2D eigenvalue weighted by atomic mass is 9.89. The van der Waals surface area contributed by atoms with Gasteiger partial charge in [0.2, 0.25) is 0 Å². The summed E-state index contributed by atoms with van der Waals surface area (Å²) < 4.78 is 0. The molecule has 4 nitrogen and oxygen atoms in total. The van der Waals surface area contributed by atoms with Crippen molar-refractivity contribution >= 4 is 11.1 Å². The standard InChI is InChI=1S/C20H12N4/c1-14(18(10-21)11-22)20(16-4-2-3-5-16)17-8-6-15(7-9-17)19(12-23)13-24/h2-9,16H,1H3. The van der Waals surface area contributed by atoms with Crippen LogP contribution in [0.4, 0.5) is 0 Å². The van der Waals surface area contributed by atoms with Crippen molar-refractivity contribution in [2.24, 2.45) is 5.92 Å². The second-order valence-corrected chi connectivity index (χ2v) is 5.11. The number of allylic oxidation sites excluding steroid dienone is 6. The van der Waals surface area contributed by atoms with Gasteiger partial charge in [0.15, 0.2) is 0 Å². The van der Waals surface area contributed by atoms with E-state index in [1.807, 2.05) is 48.6 Å². The van der Waals surface area contributed by atoms with Crippen LogP contribution in [0.15, 0.2) is 59.7 Å². The predicted octanol–water partition coefficient (Wildman–Crippen LogP) is 2.14. The third-order valence-corrected chi connectivity index (χ3v) is 3.79. The van der Waals surface area contributed by atoms with E-state index in [1.54, 1.807) is 31.2 Å². The molecule has 0 fully saturated rings. The third kappa shape index (κ3) is 3.15. The smallest absolute Gasteiger partial charge is 0.136 e.